The molecular weight excluding hydrogens is 412 g/mol. The molecular formula is C14H11Br2ClFNO. The predicted octanol–water partition coefficient (Wildman–Crippen LogP) is 5.62. The molecule has 0 aliphatic carbocycles. The molecule has 1 N–H and O–H groups in total. The van der Waals surface area contributed by atoms with Crippen LogP contribution in [0.3, 0.4) is 0 Å². The fourth-order valence-electron chi connectivity index (χ4n) is 1.80. The Balaban J connectivity index is 2.22. The molecule has 0 saturated carbocycles. The van der Waals surface area contributed by atoms with Crippen molar-refractivity contribution in [2.24, 2.45) is 0 Å². The van der Waals surface area contributed by atoms with Crippen LogP contribution in [0.1, 0.15) is 5.56 Å². The number of nitrogens with one attached hydrogen (secondary N) is 1. The fraction of sp³-hybridized carbons (Fsp3) is 0.143. The van der Waals surface area contributed by atoms with Crippen LogP contribution in [0.15, 0.2) is 39.3 Å². The summed E-state index contributed by atoms with van der Waals surface area (Å²) in [6.07, 6.45) is 0. The highest BCUT2D eigenvalue weighted by Crippen LogP contribution is 2.33. The van der Waals surface area contributed by atoms with Gasteiger partial charge in [0.2, 0.25) is 0 Å². The van der Waals surface area contributed by atoms with Crippen LogP contribution < -0.4 is 10.1 Å². The summed E-state index contributed by atoms with van der Waals surface area (Å²) in [5.74, 6) is 0.391. The fourth-order valence-corrected chi connectivity index (χ4v) is 3.51. The Kier molecular flexibility index (Phi) is 5.29. The molecule has 0 amide bonds. The lowest BCUT2D eigenvalue weighted by atomic mass is 10.2. The van der Waals surface area contributed by atoms with Crippen molar-refractivity contribution in [1.82, 2.24) is 0 Å². The van der Waals surface area contributed by atoms with Crippen LogP contribution in [0.25, 0.3) is 0 Å². The van der Waals surface area contributed by atoms with Crippen molar-refractivity contribution in [2.45, 2.75) is 6.54 Å². The highest BCUT2D eigenvalue weighted by molar-refractivity contribution is 9.11. The zero-order chi connectivity index (χ0) is 14.7. The average Bonchev–Trinajstić information content (AvgIpc) is 2.37. The molecule has 20 heavy (non-hydrogen) atoms. The van der Waals surface area contributed by atoms with E-state index in [0.29, 0.717) is 17.3 Å². The van der Waals surface area contributed by atoms with Gasteiger partial charge in [-0.3, -0.25) is 0 Å². The quantitative estimate of drug-likeness (QED) is 0.689. The summed E-state index contributed by atoms with van der Waals surface area (Å²) >= 11 is 12.9. The zero-order valence-electron chi connectivity index (χ0n) is 10.5. The molecule has 2 aromatic rings. The number of halogens is 4. The Morgan fingerprint density at radius 1 is 1.25 bits per heavy atom. The second-order valence-electron chi connectivity index (χ2n) is 4.06. The molecule has 2 aromatic carbocycles. The van der Waals surface area contributed by atoms with Crippen molar-refractivity contribution in [2.75, 3.05) is 12.4 Å². The van der Waals surface area contributed by atoms with Crippen LogP contribution in [-0.2, 0) is 6.54 Å². The SMILES string of the molecule is COc1c(Br)cc(Br)cc1CNc1ccc(F)cc1Cl. The van der Waals surface area contributed by atoms with Gasteiger partial charge >= 0.3 is 0 Å². The third-order valence-corrected chi connectivity index (χ3v) is 4.05. The van der Waals surface area contributed by atoms with Crippen molar-refractivity contribution < 1.29 is 9.13 Å². The number of anilines is 1. The minimum absolute atomic E-state index is 0.345. The van der Waals surface area contributed by atoms with Gasteiger partial charge in [-0.1, -0.05) is 27.5 Å². The summed E-state index contributed by atoms with van der Waals surface area (Å²) in [6.45, 7) is 0.507. The van der Waals surface area contributed by atoms with Crippen molar-refractivity contribution in [3.05, 3.63) is 55.7 Å². The second-order valence-corrected chi connectivity index (χ2v) is 6.23. The minimum atomic E-state index is -0.358. The lowest BCUT2D eigenvalue weighted by Crippen LogP contribution is -2.03. The van der Waals surface area contributed by atoms with Gasteiger partial charge in [0.1, 0.15) is 11.6 Å². The maximum atomic E-state index is 13.0. The number of benzene rings is 2. The van der Waals surface area contributed by atoms with Gasteiger partial charge in [0.25, 0.3) is 0 Å². The Bertz CT molecular complexity index is 637. The van der Waals surface area contributed by atoms with E-state index in [-0.39, 0.29) is 5.82 Å². The average molecular weight is 424 g/mol. The summed E-state index contributed by atoms with van der Waals surface area (Å²) < 4.78 is 20.2. The number of rotatable bonds is 4. The van der Waals surface area contributed by atoms with Crippen molar-refractivity contribution in [3.63, 3.8) is 0 Å². The first kappa shape index (κ1) is 15.6. The van der Waals surface area contributed by atoms with E-state index < -0.39 is 0 Å². The standard InChI is InChI=1S/C14H11Br2ClFNO/c1-20-14-8(4-9(15)5-11(14)16)7-19-13-3-2-10(18)6-12(13)17/h2-6,19H,7H2,1H3. The minimum Gasteiger partial charge on any atom is -0.495 e. The topological polar surface area (TPSA) is 21.3 Å². The van der Waals surface area contributed by atoms with Crippen LogP contribution in [0.2, 0.25) is 5.02 Å². The van der Waals surface area contributed by atoms with E-state index in [1.165, 1.54) is 12.1 Å². The predicted molar refractivity (Wildman–Crippen MR) is 87.1 cm³/mol. The van der Waals surface area contributed by atoms with Crippen LogP contribution in [0, 0.1) is 5.82 Å². The molecule has 0 atom stereocenters. The molecule has 2 rings (SSSR count). The lowest BCUT2D eigenvalue weighted by molar-refractivity contribution is 0.407. The summed E-state index contributed by atoms with van der Waals surface area (Å²) in [5.41, 5.74) is 1.63. The van der Waals surface area contributed by atoms with Crippen LogP contribution in [0.5, 0.6) is 5.75 Å². The molecule has 0 aliphatic heterocycles. The van der Waals surface area contributed by atoms with Crippen molar-refractivity contribution in [3.8, 4) is 5.75 Å². The molecule has 0 aromatic heterocycles. The maximum Gasteiger partial charge on any atom is 0.138 e. The normalized spacial score (nSPS) is 10.4. The van der Waals surface area contributed by atoms with Crippen LogP contribution in [-0.4, -0.2) is 7.11 Å². The summed E-state index contributed by atoms with van der Waals surface area (Å²) in [6, 6.07) is 8.11. The van der Waals surface area contributed by atoms with E-state index in [1.54, 1.807) is 13.2 Å². The van der Waals surface area contributed by atoms with E-state index >= 15 is 0 Å². The number of hydrogen-bond acceptors (Lipinski definition) is 2. The number of ether oxygens (including phenoxy) is 1. The van der Waals surface area contributed by atoms with Gasteiger partial charge in [0.15, 0.2) is 0 Å². The molecule has 0 aliphatic rings. The van der Waals surface area contributed by atoms with Crippen molar-refractivity contribution >= 4 is 49.1 Å². The van der Waals surface area contributed by atoms with Gasteiger partial charge in [-0.15, -0.1) is 0 Å². The molecule has 2 nitrogen and oxygen atoms in total. The van der Waals surface area contributed by atoms with Gasteiger partial charge < -0.3 is 10.1 Å². The Morgan fingerprint density at radius 3 is 2.65 bits per heavy atom. The van der Waals surface area contributed by atoms with E-state index in [1.807, 2.05) is 12.1 Å². The molecule has 0 spiro atoms. The monoisotopic (exact) mass is 421 g/mol. The third kappa shape index (κ3) is 3.65. The first-order valence-corrected chi connectivity index (χ1v) is 7.68. The van der Waals surface area contributed by atoms with Gasteiger partial charge in [-0.2, -0.15) is 0 Å². The number of hydrogen-bond donors (Lipinski definition) is 1. The molecule has 0 saturated heterocycles. The van der Waals surface area contributed by atoms with E-state index in [0.717, 1.165) is 20.3 Å². The zero-order valence-corrected chi connectivity index (χ0v) is 14.4. The van der Waals surface area contributed by atoms with E-state index in [2.05, 4.69) is 37.2 Å². The summed E-state index contributed by atoms with van der Waals surface area (Å²) in [4.78, 5) is 0. The molecule has 0 bridgehead atoms. The Morgan fingerprint density at radius 2 is 2.00 bits per heavy atom. The van der Waals surface area contributed by atoms with Gasteiger partial charge in [-0.05, 0) is 46.3 Å². The molecule has 0 radical (unpaired) electrons. The highest BCUT2D eigenvalue weighted by atomic mass is 79.9. The largest absolute Gasteiger partial charge is 0.495 e. The molecule has 6 heteroatoms. The Hall–Kier alpha value is -0.780. The third-order valence-electron chi connectivity index (χ3n) is 2.69. The lowest BCUT2D eigenvalue weighted by Gasteiger charge is -2.13. The second kappa shape index (κ2) is 6.78. The summed E-state index contributed by atoms with van der Waals surface area (Å²) in [7, 11) is 1.61. The van der Waals surface area contributed by atoms with E-state index in [4.69, 9.17) is 16.3 Å². The van der Waals surface area contributed by atoms with Gasteiger partial charge in [0, 0.05) is 16.6 Å². The van der Waals surface area contributed by atoms with E-state index in [9.17, 15) is 4.39 Å². The summed E-state index contributed by atoms with van der Waals surface area (Å²) in [5, 5.41) is 3.51. The maximum absolute atomic E-state index is 13.0. The highest BCUT2D eigenvalue weighted by Gasteiger charge is 2.10. The first-order chi connectivity index (χ1) is 9.51. The van der Waals surface area contributed by atoms with Gasteiger partial charge in [0.05, 0.1) is 22.3 Å². The molecule has 0 heterocycles. The van der Waals surface area contributed by atoms with Gasteiger partial charge in [-0.25, -0.2) is 4.39 Å². The Labute approximate surface area is 138 Å². The van der Waals surface area contributed by atoms with Crippen LogP contribution in [0.4, 0.5) is 10.1 Å². The van der Waals surface area contributed by atoms with Crippen molar-refractivity contribution in [1.29, 1.82) is 0 Å². The smallest absolute Gasteiger partial charge is 0.138 e. The first-order valence-electron chi connectivity index (χ1n) is 5.72. The molecule has 0 fully saturated rings. The van der Waals surface area contributed by atoms with Crippen LogP contribution >= 0.6 is 43.5 Å². The molecule has 0 unspecified atom stereocenters. The number of methoxy groups -OCH3 is 1. The molecule has 106 valence electrons.